The largest absolute Gasteiger partial charge is 0.448 e. The van der Waals surface area contributed by atoms with Gasteiger partial charge in [0.15, 0.2) is 0 Å². The van der Waals surface area contributed by atoms with E-state index in [1.54, 1.807) is 4.90 Å². The Morgan fingerprint density at radius 3 is 2.83 bits per heavy atom. The van der Waals surface area contributed by atoms with Crippen LogP contribution < -0.4 is 0 Å². The van der Waals surface area contributed by atoms with Crippen molar-refractivity contribution in [1.29, 1.82) is 0 Å². The number of hydrogen-bond donors (Lipinski definition) is 0. The second-order valence-corrected chi connectivity index (χ2v) is 3.64. The van der Waals surface area contributed by atoms with Crippen molar-refractivity contribution in [3.05, 3.63) is 0 Å². The molecular weight excluding hydrogens is 154 g/mol. The van der Waals surface area contributed by atoms with E-state index in [2.05, 4.69) is 13.8 Å². The third-order valence-corrected chi connectivity index (χ3v) is 2.05. The molecule has 0 aromatic heterocycles. The first kappa shape index (κ1) is 9.36. The highest BCUT2D eigenvalue weighted by Gasteiger charge is 2.20. The van der Waals surface area contributed by atoms with Gasteiger partial charge in [-0.3, -0.25) is 0 Å². The van der Waals surface area contributed by atoms with E-state index in [0.717, 1.165) is 25.4 Å². The zero-order valence-corrected chi connectivity index (χ0v) is 7.88. The summed E-state index contributed by atoms with van der Waals surface area (Å²) in [6.45, 7) is 6.60. The fourth-order valence-corrected chi connectivity index (χ4v) is 1.32. The number of carbonyl (C=O) groups is 1. The van der Waals surface area contributed by atoms with Gasteiger partial charge in [0.05, 0.1) is 6.54 Å². The Balaban J connectivity index is 2.10. The van der Waals surface area contributed by atoms with Crippen molar-refractivity contribution in [1.82, 2.24) is 4.90 Å². The minimum absolute atomic E-state index is 0.140. The summed E-state index contributed by atoms with van der Waals surface area (Å²) in [5, 5.41) is 0. The topological polar surface area (TPSA) is 29.5 Å². The van der Waals surface area contributed by atoms with Crippen LogP contribution in [0.5, 0.6) is 0 Å². The van der Waals surface area contributed by atoms with Crippen LogP contribution in [0, 0.1) is 5.92 Å². The molecule has 0 N–H and O–H groups in total. The lowest BCUT2D eigenvalue weighted by molar-refractivity contribution is 0.157. The van der Waals surface area contributed by atoms with Gasteiger partial charge in [0.2, 0.25) is 0 Å². The minimum atomic E-state index is -0.140. The maximum atomic E-state index is 11.0. The first-order chi connectivity index (χ1) is 5.70. The average molecular weight is 171 g/mol. The molecule has 1 aliphatic rings. The fourth-order valence-electron chi connectivity index (χ4n) is 1.32. The van der Waals surface area contributed by atoms with Gasteiger partial charge in [-0.05, 0) is 18.8 Å². The molecule has 3 heteroatoms. The van der Waals surface area contributed by atoms with E-state index < -0.39 is 0 Å². The van der Waals surface area contributed by atoms with Crippen molar-refractivity contribution in [2.45, 2.75) is 26.7 Å². The molecule has 0 aromatic rings. The molecule has 0 bridgehead atoms. The Bertz CT molecular complexity index is 157. The van der Waals surface area contributed by atoms with E-state index in [1.807, 2.05) is 0 Å². The zero-order valence-electron chi connectivity index (χ0n) is 7.88. The van der Waals surface area contributed by atoms with Crippen LogP contribution in [0.15, 0.2) is 0 Å². The van der Waals surface area contributed by atoms with Crippen LogP contribution in [0.3, 0.4) is 0 Å². The molecular formula is C9H17NO2. The van der Waals surface area contributed by atoms with Gasteiger partial charge in [-0.15, -0.1) is 0 Å². The summed E-state index contributed by atoms with van der Waals surface area (Å²) >= 11 is 0. The second kappa shape index (κ2) is 4.33. The third-order valence-electron chi connectivity index (χ3n) is 2.05. The molecule has 1 heterocycles. The van der Waals surface area contributed by atoms with Gasteiger partial charge in [0.25, 0.3) is 0 Å². The SMILES string of the molecule is CC(C)CCCN1CCOC1=O. The summed E-state index contributed by atoms with van der Waals surface area (Å²) < 4.78 is 4.81. The molecule has 0 aliphatic carbocycles. The van der Waals surface area contributed by atoms with E-state index in [-0.39, 0.29) is 6.09 Å². The summed E-state index contributed by atoms with van der Waals surface area (Å²) in [6, 6.07) is 0. The lowest BCUT2D eigenvalue weighted by Gasteiger charge is -2.12. The van der Waals surface area contributed by atoms with Crippen LogP contribution in [0.4, 0.5) is 4.79 Å². The smallest absolute Gasteiger partial charge is 0.409 e. The number of ether oxygens (including phenoxy) is 1. The van der Waals surface area contributed by atoms with Crippen LogP contribution in [-0.4, -0.2) is 30.7 Å². The molecule has 0 radical (unpaired) electrons. The first-order valence-electron chi connectivity index (χ1n) is 4.62. The Kier molecular flexibility index (Phi) is 3.38. The monoisotopic (exact) mass is 171 g/mol. The number of nitrogens with zero attached hydrogens (tertiary/aromatic N) is 1. The van der Waals surface area contributed by atoms with Gasteiger partial charge < -0.3 is 9.64 Å². The van der Waals surface area contributed by atoms with Gasteiger partial charge in [-0.25, -0.2) is 4.79 Å². The molecule has 3 nitrogen and oxygen atoms in total. The first-order valence-corrected chi connectivity index (χ1v) is 4.62. The van der Waals surface area contributed by atoms with Crippen LogP contribution in [-0.2, 0) is 4.74 Å². The number of hydrogen-bond acceptors (Lipinski definition) is 2. The van der Waals surface area contributed by atoms with Crippen LogP contribution in [0.25, 0.3) is 0 Å². The molecule has 0 spiro atoms. The summed E-state index contributed by atoms with van der Waals surface area (Å²) in [7, 11) is 0. The Hall–Kier alpha value is -0.730. The Morgan fingerprint density at radius 2 is 2.33 bits per heavy atom. The standard InChI is InChI=1S/C9H17NO2/c1-8(2)4-3-5-10-6-7-12-9(10)11/h8H,3-7H2,1-2H3. The number of rotatable bonds is 4. The number of carbonyl (C=O) groups excluding carboxylic acids is 1. The highest BCUT2D eigenvalue weighted by molar-refractivity contribution is 5.69. The van der Waals surface area contributed by atoms with E-state index >= 15 is 0 Å². The van der Waals surface area contributed by atoms with E-state index in [9.17, 15) is 4.79 Å². The normalized spacial score (nSPS) is 17.2. The molecule has 1 saturated heterocycles. The molecule has 1 aliphatic heterocycles. The lowest BCUT2D eigenvalue weighted by atomic mass is 10.1. The molecule has 1 amide bonds. The van der Waals surface area contributed by atoms with Crippen molar-refractivity contribution < 1.29 is 9.53 Å². The highest BCUT2D eigenvalue weighted by Crippen LogP contribution is 2.08. The van der Waals surface area contributed by atoms with Crippen LogP contribution in [0.2, 0.25) is 0 Å². The van der Waals surface area contributed by atoms with Crippen molar-refractivity contribution >= 4 is 6.09 Å². The molecule has 1 rings (SSSR count). The highest BCUT2D eigenvalue weighted by atomic mass is 16.6. The van der Waals surface area contributed by atoms with E-state index in [1.165, 1.54) is 6.42 Å². The van der Waals surface area contributed by atoms with Crippen molar-refractivity contribution in [2.75, 3.05) is 19.7 Å². The maximum absolute atomic E-state index is 11.0. The van der Waals surface area contributed by atoms with Gasteiger partial charge in [-0.1, -0.05) is 13.8 Å². The predicted molar refractivity (Wildman–Crippen MR) is 47.0 cm³/mol. The van der Waals surface area contributed by atoms with Crippen LogP contribution in [0.1, 0.15) is 26.7 Å². The summed E-state index contributed by atoms with van der Waals surface area (Å²) in [5.74, 6) is 0.726. The number of amides is 1. The second-order valence-electron chi connectivity index (χ2n) is 3.64. The molecule has 1 fully saturated rings. The molecule has 12 heavy (non-hydrogen) atoms. The van der Waals surface area contributed by atoms with Gasteiger partial charge in [0, 0.05) is 6.54 Å². The molecule has 0 unspecified atom stereocenters. The Morgan fingerprint density at radius 1 is 1.58 bits per heavy atom. The van der Waals surface area contributed by atoms with Crippen molar-refractivity contribution in [3.63, 3.8) is 0 Å². The quantitative estimate of drug-likeness (QED) is 0.646. The molecule has 70 valence electrons. The molecule has 0 saturated carbocycles. The molecule has 0 aromatic carbocycles. The summed E-state index contributed by atoms with van der Waals surface area (Å²) in [6.07, 6.45) is 2.13. The maximum Gasteiger partial charge on any atom is 0.409 e. The third kappa shape index (κ3) is 2.72. The molecule has 0 atom stereocenters. The van der Waals surface area contributed by atoms with E-state index in [0.29, 0.717) is 6.61 Å². The zero-order chi connectivity index (χ0) is 8.97. The van der Waals surface area contributed by atoms with Crippen molar-refractivity contribution in [2.24, 2.45) is 5.92 Å². The predicted octanol–water partition coefficient (Wildman–Crippen LogP) is 1.87. The fraction of sp³-hybridized carbons (Fsp3) is 0.889. The average Bonchev–Trinajstić information content (AvgIpc) is 2.36. The van der Waals surface area contributed by atoms with Gasteiger partial charge in [0.1, 0.15) is 6.61 Å². The number of cyclic esters (lactones) is 1. The summed E-state index contributed by atoms with van der Waals surface area (Å²) in [4.78, 5) is 12.7. The Labute approximate surface area is 73.7 Å². The van der Waals surface area contributed by atoms with Gasteiger partial charge in [-0.2, -0.15) is 0 Å². The van der Waals surface area contributed by atoms with E-state index in [4.69, 9.17) is 4.74 Å². The van der Waals surface area contributed by atoms with Gasteiger partial charge >= 0.3 is 6.09 Å². The lowest BCUT2D eigenvalue weighted by Crippen LogP contribution is -2.25. The van der Waals surface area contributed by atoms with Crippen LogP contribution >= 0.6 is 0 Å². The minimum Gasteiger partial charge on any atom is -0.448 e. The summed E-state index contributed by atoms with van der Waals surface area (Å²) in [5.41, 5.74) is 0. The van der Waals surface area contributed by atoms with Crippen molar-refractivity contribution in [3.8, 4) is 0 Å².